The molecule has 0 spiro atoms. The van der Waals surface area contributed by atoms with Gasteiger partial charge >= 0.3 is 0 Å². The fourth-order valence-electron chi connectivity index (χ4n) is 1.48. The molecule has 17 heavy (non-hydrogen) atoms. The number of nitrogens with one attached hydrogen (secondary N) is 1. The number of halogens is 1. The van der Waals surface area contributed by atoms with Crippen molar-refractivity contribution in [3.8, 4) is 0 Å². The highest BCUT2D eigenvalue weighted by Gasteiger charge is 2.08. The molecule has 1 aromatic rings. The highest BCUT2D eigenvalue weighted by molar-refractivity contribution is 9.10. The van der Waals surface area contributed by atoms with Gasteiger partial charge in [-0.25, -0.2) is 0 Å². The normalized spacial score (nSPS) is 10.3. The summed E-state index contributed by atoms with van der Waals surface area (Å²) in [7, 11) is 1.84. The van der Waals surface area contributed by atoms with E-state index in [1.807, 2.05) is 32.2 Å². The third-order valence-electron chi connectivity index (χ3n) is 2.63. The first-order valence-corrected chi connectivity index (χ1v) is 6.62. The number of hydrogen-bond donors (Lipinski definition) is 1. The maximum Gasteiger partial charge on any atom is 0.236 e. The van der Waals surface area contributed by atoms with Crippen LogP contribution in [0.15, 0.2) is 28.7 Å². The third kappa shape index (κ3) is 4.88. The van der Waals surface area contributed by atoms with Crippen molar-refractivity contribution >= 4 is 21.8 Å². The summed E-state index contributed by atoms with van der Waals surface area (Å²) in [6, 6.07) is 8.11. The van der Waals surface area contributed by atoms with Crippen molar-refractivity contribution in [2.24, 2.45) is 0 Å². The third-order valence-corrected chi connectivity index (χ3v) is 3.40. The van der Waals surface area contributed by atoms with Crippen LogP contribution in [0.1, 0.15) is 12.5 Å². The lowest BCUT2D eigenvalue weighted by Crippen LogP contribution is -2.36. The Labute approximate surface area is 111 Å². The van der Waals surface area contributed by atoms with Crippen molar-refractivity contribution in [1.29, 1.82) is 0 Å². The standard InChI is InChI=1S/C13H19BrN2O/c1-3-15-10-13(17)16(2)9-8-11-6-4-5-7-12(11)14/h4-7,15H,3,8-10H2,1-2H3. The van der Waals surface area contributed by atoms with Gasteiger partial charge in [0.25, 0.3) is 0 Å². The molecule has 0 aliphatic carbocycles. The number of carbonyl (C=O) groups excluding carboxylic acids is 1. The van der Waals surface area contributed by atoms with E-state index in [0.717, 1.165) is 24.0 Å². The van der Waals surface area contributed by atoms with Crippen LogP contribution in [-0.2, 0) is 11.2 Å². The smallest absolute Gasteiger partial charge is 0.236 e. The fourth-order valence-corrected chi connectivity index (χ4v) is 1.96. The van der Waals surface area contributed by atoms with E-state index in [1.54, 1.807) is 4.90 Å². The second kappa shape index (κ2) is 7.45. The molecule has 0 fully saturated rings. The Morgan fingerprint density at radius 1 is 1.41 bits per heavy atom. The van der Waals surface area contributed by atoms with Gasteiger partial charge < -0.3 is 10.2 Å². The second-order valence-corrected chi connectivity index (χ2v) is 4.79. The minimum Gasteiger partial charge on any atom is -0.344 e. The number of rotatable bonds is 6. The Morgan fingerprint density at radius 3 is 2.76 bits per heavy atom. The lowest BCUT2D eigenvalue weighted by Gasteiger charge is -2.17. The van der Waals surface area contributed by atoms with Crippen LogP contribution in [0.5, 0.6) is 0 Å². The van der Waals surface area contributed by atoms with E-state index in [9.17, 15) is 4.79 Å². The maximum absolute atomic E-state index is 11.7. The van der Waals surface area contributed by atoms with Crippen LogP contribution in [0.25, 0.3) is 0 Å². The first kappa shape index (κ1) is 14.2. The van der Waals surface area contributed by atoms with E-state index >= 15 is 0 Å². The maximum atomic E-state index is 11.7. The van der Waals surface area contributed by atoms with Crippen molar-refractivity contribution < 1.29 is 4.79 Å². The summed E-state index contributed by atoms with van der Waals surface area (Å²) in [5.41, 5.74) is 1.23. The molecule has 0 saturated carbocycles. The molecule has 3 nitrogen and oxygen atoms in total. The molecular formula is C13H19BrN2O. The summed E-state index contributed by atoms with van der Waals surface area (Å²) in [6.45, 7) is 3.98. The van der Waals surface area contributed by atoms with E-state index in [-0.39, 0.29) is 5.91 Å². The molecule has 0 aromatic heterocycles. The summed E-state index contributed by atoms with van der Waals surface area (Å²) < 4.78 is 1.10. The van der Waals surface area contributed by atoms with Gasteiger partial charge in [-0.1, -0.05) is 41.1 Å². The zero-order valence-corrected chi connectivity index (χ0v) is 12.0. The van der Waals surface area contributed by atoms with E-state index in [1.165, 1.54) is 5.56 Å². The van der Waals surface area contributed by atoms with Crippen LogP contribution in [-0.4, -0.2) is 37.5 Å². The molecule has 0 saturated heterocycles. The Morgan fingerprint density at radius 2 is 2.12 bits per heavy atom. The van der Waals surface area contributed by atoms with Gasteiger partial charge in [0.1, 0.15) is 0 Å². The van der Waals surface area contributed by atoms with Crippen molar-refractivity contribution in [3.05, 3.63) is 34.3 Å². The number of amides is 1. The summed E-state index contributed by atoms with van der Waals surface area (Å²) in [6.07, 6.45) is 0.871. The van der Waals surface area contributed by atoms with Crippen molar-refractivity contribution in [1.82, 2.24) is 10.2 Å². The van der Waals surface area contributed by atoms with Crippen molar-refractivity contribution in [2.45, 2.75) is 13.3 Å². The average Bonchev–Trinajstić information content (AvgIpc) is 2.34. The summed E-state index contributed by atoms with van der Waals surface area (Å²) in [5.74, 6) is 0.138. The van der Waals surface area contributed by atoms with Gasteiger partial charge in [0.2, 0.25) is 5.91 Å². The van der Waals surface area contributed by atoms with Crippen LogP contribution in [0, 0.1) is 0 Å². The van der Waals surface area contributed by atoms with Crippen LogP contribution < -0.4 is 5.32 Å². The Bertz CT molecular complexity index is 368. The molecule has 1 rings (SSSR count). The number of benzene rings is 1. The molecule has 1 amide bonds. The Balaban J connectivity index is 2.40. The number of carbonyl (C=O) groups is 1. The summed E-state index contributed by atoms with van der Waals surface area (Å²) in [5, 5.41) is 3.04. The Hall–Kier alpha value is -0.870. The number of hydrogen-bond acceptors (Lipinski definition) is 2. The molecule has 0 aliphatic heterocycles. The largest absolute Gasteiger partial charge is 0.344 e. The predicted molar refractivity (Wildman–Crippen MR) is 74.0 cm³/mol. The minimum atomic E-state index is 0.138. The van der Waals surface area contributed by atoms with Gasteiger partial charge in [0.15, 0.2) is 0 Å². The summed E-state index contributed by atoms with van der Waals surface area (Å²) >= 11 is 3.51. The monoisotopic (exact) mass is 298 g/mol. The molecule has 0 aliphatic rings. The van der Waals surface area contributed by atoms with Crippen molar-refractivity contribution in [2.75, 3.05) is 26.7 Å². The van der Waals surface area contributed by atoms with E-state index < -0.39 is 0 Å². The molecule has 4 heteroatoms. The lowest BCUT2D eigenvalue weighted by atomic mass is 10.1. The van der Waals surface area contributed by atoms with Crippen LogP contribution in [0.4, 0.5) is 0 Å². The second-order valence-electron chi connectivity index (χ2n) is 3.94. The average molecular weight is 299 g/mol. The van der Waals surface area contributed by atoms with Crippen LogP contribution >= 0.6 is 15.9 Å². The first-order chi connectivity index (χ1) is 8.15. The fraction of sp³-hybridized carbons (Fsp3) is 0.462. The SMILES string of the molecule is CCNCC(=O)N(C)CCc1ccccc1Br. The summed E-state index contributed by atoms with van der Waals surface area (Å²) in [4.78, 5) is 13.4. The minimum absolute atomic E-state index is 0.138. The molecule has 0 heterocycles. The Kier molecular flexibility index (Phi) is 6.22. The molecule has 94 valence electrons. The molecule has 0 atom stereocenters. The van der Waals surface area contributed by atoms with E-state index in [4.69, 9.17) is 0 Å². The zero-order chi connectivity index (χ0) is 12.7. The van der Waals surface area contributed by atoms with E-state index in [2.05, 4.69) is 27.3 Å². The predicted octanol–water partition coefficient (Wildman–Crippen LogP) is 2.06. The molecule has 1 N–H and O–H groups in total. The molecule has 0 unspecified atom stereocenters. The first-order valence-electron chi connectivity index (χ1n) is 5.83. The highest BCUT2D eigenvalue weighted by Crippen LogP contribution is 2.16. The van der Waals surface area contributed by atoms with Gasteiger partial charge in [-0.2, -0.15) is 0 Å². The van der Waals surface area contributed by atoms with Gasteiger partial charge in [-0.05, 0) is 24.6 Å². The topological polar surface area (TPSA) is 32.3 Å². The number of nitrogens with zero attached hydrogens (tertiary/aromatic N) is 1. The molecule has 0 bridgehead atoms. The van der Waals surface area contributed by atoms with Crippen LogP contribution in [0.2, 0.25) is 0 Å². The van der Waals surface area contributed by atoms with Gasteiger partial charge in [-0.15, -0.1) is 0 Å². The van der Waals surface area contributed by atoms with Crippen molar-refractivity contribution in [3.63, 3.8) is 0 Å². The zero-order valence-electron chi connectivity index (χ0n) is 10.4. The molecular weight excluding hydrogens is 280 g/mol. The highest BCUT2D eigenvalue weighted by atomic mass is 79.9. The molecule has 0 radical (unpaired) electrons. The van der Waals surface area contributed by atoms with E-state index in [0.29, 0.717) is 6.54 Å². The number of likely N-dealkylation sites (N-methyl/N-ethyl adjacent to an activating group) is 2. The van der Waals surface area contributed by atoms with Crippen LogP contribution in [0.3, 0.4) is 0 Å². The van der Waals surface area contributed by atoms with Gasteiger partial charge in [0, 0.05) is 18.1 Å². The van der Waals surface area contributed by atoms with Gasteiger partial charge in [-0.3, -0.25) is 4.79 Å². The lowest BCUT2D eigenvalue weighted by molar-refractivity contribution is -0.128. The quantitative estimate of drug-likeness (QED) is 0.872. The molecule has 1 aromatic carbocycles. The van der Waals surface area contributed by atoms with Gasteiger partial charge in [0.05, 0.1) is 6.54 Å².